The molecule has 2 aliphatic carbocycles. The Balaban J connectivity index is 1.73. The lowest BCUT2D eigenvalue weighted by Crippen LogP contribution is -2.31. The third-order valence-electron chi connectivity index (χ3n) is 4.91. The lowest BCUT2D eigenvalue weighted by molar-refractivity contribution is 0.279. The predicted octanol–water partition coefficient (Wildman–Crippen LogP) is 3.45. The number of fused-ring (bicyclic) bond motifs is 2. The summed E-state index contributed by atoms with van der Waals surface area (Å²) < 4.78 is 0. The van der Waals surface area contributed by atoms with Gasteiger partial charge in [-0.25, -0.2) is 0 Å². The maximum atomic E-state index is 3.47. The first-order valence-electron chi connectivity index (χ1n) is 6.88. The SMILES string of the molecule is CNC(CCC1CC2CCC1C2)C(C)C. The van der Waals surface area contributed by atoms with Crippen LogP contribution in [0, 0.1) is 23.7 Å². The molecule has 1 heteroatoms. The van der Waals surface area contributed by atoms with Gasteiger partial charge in [0.25, 0.3) is 0 Å². The number of rotatable bonds is 5. The van der Waals surface area contributed by atoms with Gasteiger partial charge in [0, 0.05) is 6.04 Å². The van der Waals surface area contributed by atoms with Crippen LogP contribution in [0.2, 0.25) is 0 Å². The minimum Gasteiger partial charge on any atom is -0.317 e. The largest absolute Gasteiger partial charge is 0.317 e. The highest BCUT2D eigenvalue weighted by Crippen LogP contribution is 2.50. The molecule has 0 aromatic rings. The summed E-state index contributed by atoms with van der Waals surface area (Å²) in [6.45, 7) is 4.67. The molecule has 1 N–H and O–H groups in total. The van der Waals surface area contributed by atoms with E-state index in [1.54, 1.807) is 25.7 Å². The fraction of sp³-hybridized carbons (Fsp3) is 1.00. The van der Waals surface area contributed by atoms with Crippen molar-refractivity contribution < 1.29 is 0 Å². The minimum absolute atomic E-state index is 0.740. The summed E-state index contributed by atoms with van der Waals surface area (Å²) in [7, 11) is 2.12. The third-order valence-corrected chi connectivity index (χ3v) is 4.91. The van der Waals surface area contributed by atoms with Crippen molar-refractivity contribution in [3.63, 3.8) is 0 Å². The molecular formula is C14H27N. The van der Waals surface area contributed by atoms with Gasteiger partial charge < -0.3 is 5.32 Å². The summed E-state index contributed by atoms with van der Waals surface area (Å²) in [4.78, 5) is 0. The lowest BCUT2D eigenvalue weighted by atomic mass is 9.83. The molecule has 0 amide bonds. The van der Waals surface area contributed by atoms with E-state index in [4.69, 9.17) is 0 Å². The first kappa shape index (κ1) is 11.4. The predicted molar refractivity (Wildman–Crippen MR) is 65.9 cm³/mol. The Bertz CT molecular complexity index is 200. The molecule has 4 unspecified atom stereocenters. The number of hydrogen-bond acceptors (Lipinski definition) is 1. The molecule has 0 saturated heterocycles. The normalized spacial score (nSPS) is 36.4. The minimum atomic E-state index is 0.740. The van der Waals surface area contributed by atoms with Gasteiger partial charge in [0.2, 0.25) is 0 Å². The Hall–Kier alpha value is -0.0400. The van der Waals surface area contributed by atoms with Crippen molar-refractivity contribution in [3.8, 4) is 0 Å². The van der Waals surface area contributed by atoms with E-state index in [0.717, 1.165) is 29.7 Å². The smallest absolute Gasteiger partial charge is 0.00871 e. The summed E-state index contributed by atoms with van der Waals surface area (Å²) in [6, 6.07) is 0.740. The highest BCUT2D eigenvalue weighted by Gasteiger charge is 2.39. The van der Waals surface area contributed by atoms with Crippen molar-refractivity contribution >= 4 is 0 Å². The maximum Gasteiger partial charge on any atom is 0.00871 e. The van der Waals surface area contributed by atoms with E-state index in [9.17, 15) is 0 Å². The van der Waals surface area contributed by atoms with E-state index < -0.39 is 0 Å². The van der Waals surface area contributed by atoms with Crippen LogP contribution in [0.1, 0.15) is 52.4 Å². The average molecular weight is 209 g/mol. The molecule has 2 aliphatic rings. The topological polar surface area (TPSA) is 12.0 Å². The molecule has 4 atom stereocenters. The van der Waals surface area contributed by atoms with Gasteiger partial charge in [-0.15, -0.1) is 0 Å². The molecular weight excluding hydrogens is 182 g/mol. The molecule has 88 valence electrons. The van der Waals surface area contributed by atoms with Gasteiger partial charge in [-0.05, 0) is 62.8 Å². The average Bonchev–Trinajstić information content (AvgIpc) is 2.79. The molecule has 0 radical (unpaired) electrons. The second-order valence-corrected chi connectivity index (χ2v) is 6.15. The zero-order valence-electron chi connectivity index (χ0n) is 10.6. The molecule has 2 rings (SSSR count). The van der Waals surface area contributed by atoms with Crippen molar-refractivity contribution in [1.82, 2.24) is 5.32 Å². The van der Waals surface area contributed by atoms with Crippen molar-refractivity contribution in [3.05, 3.63) is 0 Å². The fourth-order valence-electron chi connectivity index (χ4n) is 3.93. The second kappa shape index (κ2) is 4.86. The van der Waals surface area contributed by atoms with E-state index >= 15 is 0 Å². The first-order valence-corrected chi connectivity index (χ1v) is 6.88. The van der Waals surface area contributed by atoms with Crippen LogP contribution in [0.5, 0.6) is 0 Å². The van der Waals surface area contributed by atoms with Crippen LogP contribution in [-0.4, -0.2) is 13.1 Å². The lowest BCUT2D eigenvalue weighted by Gasteiger charge is -2.26. The Morgan fingerprint density at radius 2 is 2.00 bits per heavy atom. The molecule has 1 nitrogen and oxygen atoms in total. The summed E-state index contributed by atoms with van der Waals surface area (Å²) >= 11 is 0. The molecule has 0 aromatic heterocycles. The van der Waals surface area contributed by atoms with Crippen molar-refractivity contribution in [2.75, 3.05) is 7.05 Å². The standard InChI is InChI=1S/C14H27N/c1-10(2)14(15-3)7-6-13-9-11-4-5-12(13)8-11/h10-15H,4-9H2,1-3H3. The highest BCUT2D eigenvalue weighted by molar-refractivity contribution is 4.90. The van der Waals surface area contributed by atoms with Gasteiger partial charge in [-0.2, -0.15) is 0 Å². The molecule has 0 aromatic carbocycles. The van der Waals surface area contributed by atoms with Crippen LogP contribution < -0.4 is 5.32 Å². The molecule has 2 fully saturated rings. The van der Waals surface area contributed by atoms with Gasteiger partial charge in [-0.1, -0.05) is 20.3 Å². The van der Waals surface area contributed by atoms with Crippen LogP contribution in [0.3, 0.4) is 0 Å². The third kappa shape index (κ3) is 2.55. The van der Waals surface area contributed by atoms with Crippen molar-refractivity contribution in [1.29, 1.82) is 0 Å². The van der Waals surface area contributed by atoms with Gasteiger partial charge in [0.1, 0.15) is 0 Å². The van der Waals surface area contributed by atoms with Gasteiger partial charge in [-0.3, -0.25) is 0 Å². The summed E-state index contributed by atoms with van der Waals surface area (Å²) in [5.74, 6) is 4.10. The molecule has 2 bridgehead atoms. The van der Waals surface area contributed by atoms with Gasteiger partial charge >= 0.3 is 0 Å². The summed E-state index contributed by atoms with van der Waals surface area (Å²) in [6.07, 6.45) is 9.07. The van der Waals surface area contributed by atoms with Crippen LogP contribution in [0.25, 0.3) is 0 Å². The fourth-order valence-corrected chi connectivity index (χ4v) is 3.93. The van der Waals surface area contributed by atoms with Crippen LogP contribution in [0.15, 0.2) is 0 Å². The Labute approximate surface area is 95.0 Å². The van der Waals surface area contributed by atoms with E-state index in [0.29, 0.717) is 0 Å². The Morgan fingerprint density at radius 1 is 1.20 bits per heavy atom. The molecule has 0 heterocycles. The molecule has 0 spiro atoms. The first-order chi connectivity index (χ1) is 7.20. The van der Waals surface area contributed by atoms with Crippen LogP contribution in [0.4, 0.5) is 0 Å². The van der Waals surface area contributed by atoms with Crippen LogP contribution in [-0.2, 0) is 0 Å². The highest BCUT2D eigenvalue weighted by atomic mass is 14.9. The zero-order chi connectivity index (χ0) is 10.8. The summed E-state index contributed by atoms with van der Waals surface area (Å²) in [5.41, 5.74) is 0. The number of nitrogens with one attached hydrogen (secondary N) is 1. The van der Waals surface area contributed by atoms with E-state index in [-0.39, 0.29) is 0 Å². The van der Waals surface area contributed by atoms with E-state index in [2.05, 4.69) is 26.2 Å². The van der Waals surface area contributed by atoms with E-state index in [1.165, 1.54) is 12.8 Å². The molecule has 0 aliphatic heterocycles. The summed E-state index contributed by atoms with van der Waals surface area (Å²) in [5, 5.41) is 3.47. The van der Waals surface area contributed by atoms with Crippen molar-refractivity contribution in [2.45, 2.75) is 58.4 Å². The van der Waals surface area contributed by atoms with E-state index in [1.807, 2.05) is 0 Å². The quantitative estimate of drug-likeness (QED) is 0.731. The molecule has 2 saturated carbocycles. The Kier molecular flexibility index (Phi) is 3.71. The molecule has 15 heavy (non-hydrogen) atoms. The Morgan fingerprint density at radius 3 is 2.47 bits per heavy atom. The second-order valence-electron chi connectivity index (χ2n) is 6.15. The number of hydrogen-bond donors (Lipinski definition) is 1. The van der Waals surface area contributed by atoms with Gasteiger partial charge in [0.05, 0.1) is 0 Å². The zero-order valence-corrected chi connectivity index (χ0v) is 10.6. The monoisotopic (exact) mass is 209 g/mol. The van der Waals surface area contributed by atoms with Crippen LogP contribution >= 0.6 is 0 Å². The van der Waals surface area contributed by atoms with Crippen molar-refractivity contribution in [2.24, 2.45) is 23.7 Å². The van der Waals surface area contributed by atoms with Gasteiger partial charge in [0.15, 0.2) is 0 Å². The maximum absolute atomic E-state index is 3.47.